The molecule has 0 saturated carbocycles. The van der Waals surface area contributed by atoms with E-state index in [1.165, 1.54) is 16.9 Å². The number of ether oxygens (including phenoxy) is 2. The van der Waals surface area contributed by atoms with Crippen molar-refractivity contribution in [2.75, 3.05) is 12.3 Å². The molecule has 4 atom stereocenters. The summed E-state index contributed by atoms with van der Waals surface area (Å²) in [5, 5.41) is 34.9. The Hall–Kier alpha value is -2.74. The molecule has 0 unspecified atom stereocenters. The number of aliphatic hydroxyl groups excluding tert-OH is 2. The van der Waals surface area contributed by atoms with Crippen molar-refractivity contribution >= 4 is 17.3 Å². The number of nitrogens with two attached hydrogens (primary N) is 1. The van der Waals surface area contributed by atoms with Gasteiger partial charge in [0.25, 0.3) is 0 Å². The summed E-state index contributed by atoms with van der Waals surface area (Å²) in [6.45, 7) is 3.48. The van der Waals surface area contributed by atoms with E-state index < -0.39 is 29.9 Å². The average Bonchev–Trinajstić information content (AvgIpc) is 3.23. The highest BCUT2D eigenvalue weighted by molar-refractivity contribution is 5.72. The van der Waals surface area contributed by atoms with E-state index in [0.717, 1.165) is 0 Å². The Labute approximate surface area is 161 Å². The highest BCUT2D eigenvalue weighted by Crippen LogP contribution is 2.40. The molecule has 0 aliphatic carbocycles. The zero-order valence-corrected chi connectivity index (χ0v) is 15.6. The summed E-state index contributed by atoms with van der Waals surface area (Å²) in [5.41, 5.74) is 4.53. The van der Waals surface area contributed by atoms with Crippen molar-refractivity contribution in [1.82, 2.24) is 14.6 Å². The molecule has 1 aliphatic heterocycles. The van der Waals surface area contributed by atoms with Gasteiger partial charge in [0.05, 0.1) is 11.6 Å². The Kier molecular flexibility index (Phi) is 5.51. The fourth-order valence-corrected chi connectivity index (χ4v) is 3.45. The number of nitriles is 1. The molecule has 150 valence electrons. The van der Waals surface area contributed by atoms with Gasteiger partial charge in [0, 0.05) is 0 Å². The molecule has 2 aromatic rings. The largest absolute Gasteiger partial charge is 0.463 e. The van der Waals surface area contributed by atoms with Gasteiger partial charge in [-0.1, -0.05) is 13.8 Å². The van der Waals surface area contributed by atoms with Crippen LogP contribution >= 0.6 is 0 Å². The minimum atomic E-state index is -1.90. The smallest absolute Gasteiger partial charge is 0.309 e. The molecule has 0 aromatic carbocycles. The highest BCUT2D eigenvalue weighted by atomic mass is 16.6. The Balaban J connectivity index is 1.87. The number of aromatic nitrogens is 3. The van der Waals surface area contributed by atoms with Crippen LogP contribution < -0.4 is 5.73 Å². The van der Waals surface area contributed by atoms with E-state index in [9.17, 15) is 20.3 Å². The first kappa shape index (κ1) is 20.0. The Bertz CT molecular complexity index is 905. The summed E-state index contributed by atoms with van der Waals surface area (Å²) in [6, 6.07) is 5.06. The molecule has 10 heteroatoms. The van der Waals surface area contributed by atoms with Gasteiger partial charge in [-0.25, -0.2) is 9.50 Å². The maximum absolute atomic E-state index is 12.1. The number of aliphatic hydroxyl groups is 2. The van der Waals surface area contributed by atoms with Crippen molar-refractivity contribution in [1.29, 1.82) is 5.26 Å². The molecule has 28 heavy (non-hydrogen) atoms. The van der Waals surface area contributed by atoms with Crippen LogP contribution in [-0.2, 0) is 19.9 Å². The molecule has 0 radical (unpaired) electrons. The fourth-order valence-electron chi connectivity index (χ4n) is 3.45. The van der Waals surface area contributed by atoms with Crippen LogP contribution in [0.1, 0.15) is 32.4 Å². The second-order valence-corrected chi connectivity index (χ2v) is 6.74. The van der Waals surface area contributed by atoms with Gasteiger partial charge >= 0.3 is 5.97 Å². The van der Waals surface area contributed by atoms with Gasteiger partial charge in [-0.3, -0.25) is 4.79 Å². The predicted molar refractivity (Wildman–Crippen MR) is 96.6 cm³/mol. The summed E-state index contributed by atoms with van der Waals surface area (Å²) >= 11 is 0. The van der Waals surface area contributed by atoms with Crippen molar-refractivity contribution in [3.8, 4) is 6.07 Å². The van der Waals surface area contributed by atoms with Crippen LogP contribution in [0.3, 0.4) is 0 Å². The Morgan fingerprint density at radius 2 is 2.18 bits per heavy atom. The zero-order valence-electron chi connectivity index (χ0n) is 15.6. The van der Waals surface area contributed by atoms with E-state index >= 15 is 0 Å². The lowest BCUT2D eigenvalue weighted by Crippen LogP contribution is -2.41. The van der Waals surface area contributed by atoms with E-state index in [-0.39, 0.29) is 24.0 Å². The van der Waals surface area contributed by atoms with Crippen LogP contribution in [0.5, 0.6) is 0 Å². The van der Waals surface area contributed by atoms with E-state index in [0.29, 0.717) is 18.4 Å². The first-order valence-electron chi connectivity index (χ1n) is 9.10. The first-order valence-corrected chi connectivity index (χ1v) is 9.10. The lowest BCUT2D eigenvalue weighted by Gasteiger charge is -2.24. The van der Waals surface area contributed by atoms with Crippen LogP contribution in [0.25, 0.3) is 5.52 Å². The maximum Gasteiger partial charge on any atom is 0.309 e. The van der Waals surface area contributed by atoms with E-state index in [4.69, 9.17) is 15.2 Å². The van der Waals surface area contributed by atoms with Gasteiger partial charge < -0.3 is 25.4 Å². The molecular formula is C18H23N5O5. The highest BCUT2D eigenvalue weighted by Gasteiger charge is 2.57. The second kappa shape index (κ2) is 7.71. The molecule has 4 N–H and O–H groups in total. The van der Waals surface area contributed by atoms with Gasteiger partial charge in [0.2, 0.25) is 5.60 Å². The summed E-state index contributed by atoms with van der Waals surface area (Å²) in [4.78, 5) is 16.0. The number of carbonyl (C=O) groups excluding carboxylic acids is 1. The second-order valence-electron chi connectivity index (χ2n) is 6.74. The molecule has 1 saturated heterocycles. The Morgan fingerprint density at radius 1 is 1.46 bits per heavy atom. The van der Waals surface area contributed by atoms with Crippen LogP contribution in [0.2, 0.25) is 0 Å². The molecule has 0 bridgehead atoms. The van der Waals surface area contributed by atoms with Crippen molar-refractivity contribution in [2.45, 2.75) is 50.6 Å². The van der Waals surface area contributed by atoms with Crippen molar-refractivity contribution < 1.29 is 24.5 Å². The fraction of sp³-hybridized carbons (Fsp3) is 0.556. The molecule has 2 aromatic heterocycles. The summed E-state index contributed by atoms with van der Waals surface area (Å²) < 4.78 is 12.3. The van der Waals surface area contributed by atoms with Crippen molar-refractivity contribution in [3.63, 3.8) is 0 Å². The number of anilines is 1. The lowest BCUT2D eigenvalue weighted by molar-refractivity contribution is -0.155. The Morgan fingerprint density at radius 3 is 2.82 bits per heavy atom. The molecular weight excluding hydrogens is 366 g/mol. The average molecular weight is 389 g/mol. The third-order valence-electron chi connectivity index (χ3n) is 5.20. The van der Waals surface area contributed by atoms with E-state index in [1.807, 2.05) is 19.9 Å². The van der Waals surface area contributed by atoms with Crippen molar-refractivity contribution in [2.24, 2.45) is 5.92 Å². The van der Waals surface area contributed by atoms with Crippen LogP contribution in [0.15, 0.2) is 18.5 Å². The quantitative estimate of drug-likeness (QED) is 0.584. The van der Waals surface area contributed by atoms with E-state index in [2.05, 4.69) is 10.1 Å². The maximum atomic E-state index is 12.1. The van der Waals surface area contributed by atoms with Gasteiger partial charge in [0.15, 0.2) is 5.82 Å². The van der Waals surface area contributed by atoms with Gasteiger partial charge in [-0.2, -0.15) is 10.4 Å². The minimum Gasteiger partial charge on any atom is -0.463 e. The zero-order chi connectivity index (χ0) is 20.5. The number of nitrogens with zero attached hydrogens (tertiary/aromatic N) is 4. The first-order chi connectivity index (χ1) is 13.4. The molecule has 10 nitrogen and oxygen atoms in total. The summed E-state index contributed by atoms with van der Waals surface area (Å²) in [5.74, 6) is -0.463. The SMILES string of the molecule is CCC(CC)C(=O)OC[C@H]1O[C@@](C#N)(c2ccc3c(N)ncnn23)[C@H](O)[C@@H]1O. The predicted octanol–water partition coefficient (Wildman–Crippen LogP) is 0.130. The molecule has 0 amide bonds. The van der Waals surface area contributed by atoms with Gasteiger partial charge in [-0.05, 0) is 25.0 Å². The number of nitrogen functional groups attached to an aromatic ring is 1. The van der Waals surface area contributed by atoms with Gasteiger partial charge in [-0.15, -0.1) is 0 Å². The van der Waals surface area contributed by atoms with Crippen LogP contribution in [0.4, 0.5) is 5.82 Å². The number of hydrogen-bond acceptors (Lipinski definition) is 9. The standard InChI is InChI=1S/C18H23N5O5/c1-3-10(4-2)17(26)27-7-12-14(24)15(25)18(8-19,28-12)13-6-5-11-16(20)21-9-22-23(11)13/h5-6,9-10,12,14-15,24-25H,3-4,7H2,1-2H3,(H2,20,21,22)/t12-,14-,15-,18+/m1/s1. The molecule has 1 aliphatic rings. The van der Waals surface area contributed by atoms with Gasteiger partial charge in [0.1, 0.15) is 42.8 Å². The number of esters is 1. The minimum absolute atomic E-state index is 0.193. The monoisotopic (exact) mass is 389 g/mol. The molecule has 1 fully saturated rings. The third-order valence-corrected chi connectivity index (χ3v) is 5.20. The number of hydrogen-bond donors (Lipinski definition) is 3. The number of fused-ring (bicyclic) bond motifs is 1. The van der Waals surface area contributed by atoms with Crippen LogP contribution in [0, 0.1) is 17.2 Å². The molecule has 3 rings (SSSR count). The molecule has 3 heterocycles. The van der Waals surface area contributed by atoms with E-state index in [1.54, 1.807) is 6.07 Å². The normalized spacial score (nSPS) is 27.2. The van der Waals surface area contributed by atoms with Crippen LogP contribution in [-0.4, -0.2) is 55.7 Å². The summed E-state index contributed by atoms with van der Waals surface area (Å²) in [7, 11) is 0. The topological polar surface area (TPSA) is 156 Å². The molecule has 0 spiro atoms. The van der Waals surface area contributed by atoms with Crippen molar-refractivity contribution in [3.05, 3.63) is 24.2 Å². The lowest BCUT2D eigenvalue weighted by atomic mass is 9.92. The third kappa shape index (κ3) is 3.07. The summed E-state index contributed by atoms with van der Waals surface area (Å²) in [6.07, 6.45) is -1.61. The number of carbonyl (C=O) groups is 1. The number of rotatable bonds is 6.